The van der Waals surface area contributed by atoms with Crippen molar-refractivity contribution in [1.29, 1.82) is 5.26 Å². The highest BCUT2D eigenvalue weighted by Gasteiger charge is 2.22. The summed E-state index contributed by atoms with van der Waals surface area (Å²) in [7, 11) is 1.61. The monoisotopic (exact) mass is 386 g/mol. The molecule has 0 atom stereocenters. The van der Waals surface area contributed by atoms with E-state index in [0.29, 0.717) is 17.4 Å². The van der Waals surface area contributed by atoms with Crippen LogP contribution in [0.15, 0.2) is 60.8 Å². The van der Waals surface area contributed by atoms with Gasteiger partial charge in [0.05, 0.1) is 18.7 Å². The first-order chi connectivity index (χ1) is 14.2. The summed E-state index contributed by atoms with van der Waals surface area (Å²) in [6.07, 6.45) is 3.73. The number of benzene rings is 2. The maximum Gasteiger partial charge on any atom is 0.228 e. The van der Waals surface area contributed by atoms with E-state index in [2.05, 4.69) is 33.1 Å². The smallest absolute Gasteiger partial charge is 0.228 e. The second-order valence-electron chi connectivity index (χ2n) is 6.92. The summed E-state index contributed by atoms with van der Waals surface area (Å²) in [6, 6.07) is 19.6. The van der Waals surface area contributed by atoms with Crippen LogP contribution in [0.4, 0.5) is 5.95 Å². The Labute approximate surface area is 170 Å². The van der Waals surface area contributed by atoms with Crippen LogP contribution in [-0.4, -0.2) is 36.3 Å². The van der Waals surface area contributed by atoms with Crippen molar-refractivity contribution in [1.82, 2.24) is 9.97 Å². The lowest BCUT2D eigenvalue weighted by Crippen LogP contribution is -2.39. The zero-order valence-electron chi connectivity index (χ0n) is 16.3. The quantitative estimate of drug-likeness (QED) is 0.658. The Hall–Kier alpha value is -3.59. The molecule has 1 aliphatic heterocycles. The summed E-state index contributed by atoms with van der Waals surface area (Å²) in [5, 5.41) is 8.91. The standard InChI is InChI=1S/C23H22N4O2/c1-28-22-10-13-25-23(26-22)27-14-11-21(12-15-27)29-20-8-6-19(7-9-20)18-4-2-17(16-24)3-5-18/h2-10,13,21H,11-12,14-15H2,1H3. The Kier molecular flexibility index (Phi) is 5.57. The normalized spacial score (nSPS) is 14.3. The first-order valence-corrected chi connectivity index (χ1v) is 9.64. The topological polar surface area (TPSA) is 71.3 Å². The Morgan fingerprint density at radius 3 is 2.24 bits per heavy atom. The Morgan fingerprint density at radius 2 is 1.62 bits per heavy atom. The van der Waals surface area contributed by atoms with Crippen LogP contribution in [0.5, 0.6) is 11.6 Å². The fraction of sp³-hybridized carbons (Fsp3) is 0.261. The molecule has 1 aliphatic rings. The molecule has 0 saturated carbocycles. The second-order valence-corrected chi connectivity index (χ2v) is 6.92. The van der Waals surface area contributed by atoms with Crippen LogP contribution in [0.25, 0.3) is 11.1 Å². The van der Waals surface area contributed by atoms with E-state index in [-0.39, 0.29) is 6.10 Å². The SMILES string of the molecule is COc1ccnc(N2CCC(Oc3ccc(-c4ccc(C#N)cc4)cc3)CC2)n1. The largest absolute Gasteiger partial charge is 0.490 e. The molecule has 0 radical (unpaired) electrons. The lowest BCUT2D eigenvalue weighted by molar-refractivity contribution is 0.170. The molecule has 0 bridgehead atoms. The van der Waals surface area contributed by atoms with Gasteiger partial charge in [0.25, 0.3) is 0 Å². The zero-order valence-corrected chi connectivity index (χ0v) is 16.3. The van der Waals surface area contributed by atoms with E-state index in [4.69, 9.17) is 14.7 Å². The van der Waals surface area contributed by atoms with E-state index in [9.17, 15) is 0 Å². The first-order valence-electron chi connectivity index (χ1n) is 9.64. The summed E-state index contributed by atoms with van der Waals surface area (Å²) < 4.78 is 11.4. The van der Waals surface area contributed by atoms with Crippen LogP contribution in [0.2, 0.25) is 0 Å². The van der Waals surface area contributed by atoms with Gasteiger partial charge in [0, 0.05) is 38.2 Å². The van der Waals surface area contributed by atoms with Crippen LogP contribution in [-0.2, 0) is 0 Å². The van der Waals surface area contributed by atoms with Crippen molar-refractivity contribution in [2.24, 2.45) is 0 Å². The third kappa shape index (κ3) is 4.46. The molecule has 6 nitrogen and oxygen atoms in total. The predicted molar refractivity (Wildman–Crippen MR) is 111 cm³/mol. The molecule has 4 rings (SSSR count). The van der Waals surface area contributed by atoms with Gasteiger partial charge in [0.2, 0.25) is 11.8 Å². The van der Waals surface area contributed by atoms with E-state index in [1.807, 2.05) is 36.4 Å². The number of aromatic nitrogens is 2. The number of anilines is 1. The molecule has 0 N–H and O–H groups in total. The van der Waals surface area contributed by atoms with Gasteiger partial charge in [-0.15, -0.1) is 0 Å². The third-order valence-electron chi connectivity index (χ3n) is 5.06. The van der Waals surface area contributed by atoms with Crippen molar-refractivity contribution < 1.29 is 9.47 Å². The van der Waals surface area contributed by atoms with E-state index < -0.39 is 0 Å². The van der Waals surface area contributed by atoms with Gasteiger partial charge in [0.1, 0.15) is 11.9 Å². The molecule has 1 fully saturated rings. The van der Waals surface area contributed by atoms with Crippen LogP contribution in [0.3, 0.4) is 0 Å². The molecular weight excluding hydrogens is 364 g/mol. The maximum absolute atomic E-state index is 8.91. The van der Waals surface area contributed by atoms with Crippen molar-refractivity contribution in [3.8, 4) is 28.8 Å². The number of ether oxygens (including phenoxy) is 2. The van der Waals surface area contributed by atoms with E-state index in [0.717, 1.165) is 42.8 Å². The zero-order chi connectivity index (χ0) is 20.1. The number of methoxy groups -OCH3 is 1. The molecule has 0 amide bonds. The van der Waals surface area contributed by atoms with E-state index >= 15 is 0 Å². The highest BCUT2D eigenvalue weighted by atomic mass is 16.5. The molecule has 29 heavy (non-hydrogen) atoms. The molecule has 146 valence electrons. The molecule has 2 aromatic carbocycles. The minimum absolute atomic E-state index is 0.178. The minimum atomic E-state index is 0.178. The Morgan fingerprint density at radius 1 is 0.966 bits per heavy atom. The Bertz CT molecular complexity index is 989. The van der Waals surface area contributed by atoms with Crippen LogP contribution >= 0.6 is 0 Å². The molecule has 1 aromatic heterocycles. The summed E-state index contributed by atoms with van der Waals surface area (Å²) in [5.74, 6) is 2.16. The Balaban J connectivity index is 1.34. The molecular formula is C23H22N4O2. The number of rotatable bonds is 5. The van der Waals surface area contributed by atoms with Gasteiger partial charge in [-0.05, 0) is 35.4 Å². The molecule has 2 heterocycles. The highest BCUT2D eigenvalue weighted by Crippen LogP contribution is 2.26. The van der Waals surface area contributed by atoms with E-state index in [1.54, 1.807) is 19.4 Å². The average molecular weight is 386 g/mol. The molecule has 1 saturated heterocycles. The number of hydrogen-bond acceptors (Lipinski definition) is 6. The minimum Gasteiger partial charge on any atom is -0.490 e. The molecule has 0 aliphatic carbocycles. The first kappa shape index (κ1) is 18.8. The molecule has 3 aromatic rings. The van der Waals surface area contributed by atoms with Gasteiger partial charge in [0.15, 0.2) is 0 Å². The lowest BCUT2D eigenvalue weighted by Gasteiger charge is -2.32. The maximum atomic E-state index is 8.91. The van der Waals surface area contributed by atoms with E-state index in [1.165, 1.54) is 0 Å². The van der Waals surface area contributed by atoms with Crippen LogP contribution in [0, 0.1) is 11.3 Å². The third-order valence-corrected chi connectivity index (χ3v) is 5.06. The van der Waals surface area contributed by atoms with Crippen molar-refractivity contribution in [2.45, 2.75) is 18.9 Å². The van der Waals surface area contributed by atoms with Crippen LogP contribution in [0.1, 0.15) is 18.4 Å². The summed E-state index contributed by atoms with van der Waals surface area (Å²) in [5.41, 5.74) is 2.85. The average Bonchev–Trinajstić information content (AvgIpc) is 2.80. The number of nitriles is 1. The number of hydrogen-bond donors (Lipinski definition) is 0. The van der Waals surface area contributed by atoms with Gasteiger partial charge in [-0.1, -0.05) is 24.3 Å². The fourth-order valence-electron chi connectivity index (χ4n) is 3.43. The van der Waals surface area contributed by atoms with Gasteiger partial charge in [-0.3, -0.25) is 0 Å². The van der Waals surface area contributed by atoms with Crippen molar-refractivity contribution >= 4 is 5.95 Å². The van der Waals surface area contributed by atoms with Crippen molar-refractivity contribution in [2.75, 3.05) is 25.1 Å². The van der Waals surface area contributed by atoms with Crippen molar-refractivity contribution in [3.05, 3.63) is 66.4 Å². The van der Waals surface area contributed by atoms with Gasteiger partial charge >= 0.3 is 0 Å². The molecule has 6 heteroatoms. The van der Waals surface area contributed by atoms with Gasteiger partial charge in [-0.2, -0.15) is 10.2 Å². The van der Waals surface area contributed by atoms with Gasteiger partial charge < -0.3 is 14.4 Å². The summed E-state index contributed by atoms with van der Waals surface area (Å²) >= 11 is 0. The van der Waals surface area contributed by atoms with Gasteiger partial charge in [-0.25, -0.2) is 4.98 Å². The van der Waals surface area contributed by atoms with Crippen molar-refractivity contribution in [3.63, 3.8) is 0 Å². The summed E-state index contributed by atoms with van der Waals surface area (Å²) in [4.78, 5) is 10.9. The summed E-state index contributed by atoms with van der Waals surface area (Å²) in [6.45, 7) is 1.70. The molecule has 0 spiro atoms. The highest BCUT2D eigenvalue weighted by molar-refractivity contribution is 5.64. The number of nitrogens with zero attached hydrogens (tertiary/aromatic N) is 4. The second kappa shape index (κ2) is 8.61. The fourth-order valence-corrected chi connectivity index (χ4v) is 3.43. The lowest BCUT2D eigenvalue weighted by atomic mass is 10.0. The van der Waals surface area contributed by atoms with Crippen LogP contribution < -0.4 is 14.4 Å². The number of piperidine rings is 1. The predicted octanol–water partition coefficient (Wildman–Crippen LogP) is 4.07. The molecule has 0 unspecified atom stereocenters.